The zero-order chi connectivity index (χ0) is 14.9. The van der Waals surface area contributed by atoms with Crippen LogP contribution in [-0.2, 0) is 23.4 Å². The molecule has 0 spiro atoms. The van der Waals surface area contributed by atoms with Crippen LogP contribution in [0, 0.1) is 13.8 Å². The van der Waals surface area contributed by atoms with Crippen molar-refractivity contribution < 1.29 is 8.42 Å². The van der Waals surface area contributed by atoms with Crippen molar-refractivity contribution in [2.24, 2.45) is 7.05 Å². The predicted octanol–water partition coefficient (Wildman–Crippen LogP) is 2.05. The summed E-state index contributed by atoms with van der Waals surface area (Å²) in [4.78, 5) is 3.95. The van der Waals surface area contributed by atoms with Gasteiger partial charge in [0.2, 0.25) is 0 Å². The van der Waals surface area contributed by atoms with Crippen molar-refractivity contribution in [2.45, 2.75) is 25.4 Å². The van der Waals surface area contributed by atoms with E-state index in [9.17, 15) is 8.42 Å². The van der Waals surface area contributed by atoms with Crippen LogP contribution >= 0.6 is 0 Å². The van der Waals surface area contributed by atoms with Crippen molar-refractivity contribution in [1.82, 2.24) is 9.55 Å². The van der Waals surface area contributed by atoms with Crippen molar-refractivity contribution >= 4 is 15.5 Å². The summed E-state index contributed by atoms with van der Waals surface area (Å²) in [5, 5.41) is 3.34. The molecule has 0 bridgehead atoms. The fraction of sp³-hybridized carbons (Fsp3) is 0.357. The van der Waals surface area contributed by atoms with Crippen molar-refractivity contribution in [3.05, 3.63) is 41.3 Å². The molecule has 0 saturated heterocycles. The molecule has 0 fully saturated rings. The number of sulfone groups is 1. The van der Waals surface area contributed by atoms with E-state index in [0.717, 1.165) is 11.9 Å². The zero-order valence-corrected chi connectivity index (χ0v) is 13.0. The molecule has 0 radical (unpaired) electrons. The van der Waals surface area contributed by atoms with Crippen LogP contribution in [0.3, 0.4) is 0 Å². The number of hydrogen-bond donors (Lipinski definition) is 1. The molecule has 2 rings (SSSR count). The molecular formula is C14H19N3O2S. The Balaban J connectivity index is 2.10. The average molecular weight is 293 g/mol. The first-order valence-corrected chi connectivity index (χ1v) is 8.20. The maximum atomic E-state index is 11.3. The number of rotatable bonds is 4. The van der Waals surface area contributed by atoms with Gasteiger partial charge in [-0.25, -0.2) is 13.4 Å². The molecule has 6 heteroatoms. The Morgan fingerprint density at radius 2 is 2.00 bits per heavy atom. The topological polar surface area (TPSA) is 64.0 Å². The maximum Gasteiger partial charge on any atom is 0.192 e. The highest BCUT2D eigenvalue weighted by molar-refractivity contribution is 7.90. The van der Waals surface area contributed by atoms with Crippen LogP contribution in [0.1, 0.15) is 17.0 Å². The molecule has 0 aliphatic rings. The van der Waals surface area contributed by atoms with E-state index >= 15 is 0 Å². The van der Waals surface area contributed by atoms with Crippen molar-refractivity contribution in [2.75, 3.05) is 11.6 Å². The van der Waals surface area contributed by atoms with Gasteiger partial charge in [0.25, 0.3) is 0 Å². The van der Waals surface area contributed by atoms with E-state index in [1.165, 1.54) is 23.0 Å². The van der Waals surface area contributed by atoms with E-state index in [4.69, 9.17) is 0 Å². The van der Waals surface area contributed by atoms with Gasteiger partial charge in [-0.3, -0.25) is 0 Å². The summed E-state index contributed by atoms with van der Waals surface area (Å²) in [5.74, 6) is 0. The van der Waals surface area contributed by atoms with E-state index in [-0.39, 0.29) is 5.03 Å². The lowest BCUT2D eigenvalue weighted by atomic mass is 10.2. The molecule has 0 saturated carbocycles. The minimum atomic E-state index is -3.24. The third-order valence-electron chi connectivity index (χ3n) is 3.48. The summed E-state index contributed by atoms with van der Waals surface area (Å²) >= 11 is 0. The van der Waals surface area contributed by atoms with Gasteiger partial charge in [0.15, 0.2) is 14.9 Å². The van der Waals surface area contributed by atoms with Gasteiger partial charge in [0, 0.05) is 31.2 Å². The van der Waals surface area contributed by atoms with Crippen molar-refractivity contribution in [3.8, 4) is 0 Å². The molecule has 0 aromatic carbocycles. The lowest BCUT2D eigenvalue weighted by Crippen LogP contribution is -2.04. The minimum Gasteiger partial charge on any atom is -0.380 e. The highest BCUT2D eigenvalue weighted by atomic mass is 32.2. The van der Waals surface area contributed by atoms with E-state index in [1.54, 1.807) is 12.3 Å². The monoisotopic (exact) mass is 293 g/mol. The first kappa shape index (κ1) is 14.6. The second-order valence-corrected chi connectivity index (χ2v) is 6.93. The number of pyridine rings is 1. The largest absolute Gasteiger partial charge is 0.380 e. The summed E-state index contributed by atoms with van der Waals surface area (Å²) in [6, 6.07) is 5.38. The van der Waals surface area contributed by atoms with Crippen LogP contribution in [0.2, 0.25) is 0 Å². The molecule has 1 N–H and O–H groups in total. The molecule has 5 nitrogen and oxygen atoms in total. The second kappa shape index (κ2) is 5.28. The van der Waals surface area contributed by atoms with Gasteiger partial charge < -0.3 is 9.88 Å². The van der Waals surface area contributed by atoms with Crippen LogP contribution in [0.5, 0.6) is 0 Å². The fourth-order valence-electron chi connectivity index (χ4n) is 2.01. The van der Waals surface area contributed by atoms with E-state index in [2.05, 4.69) is 34.8 Å². The minimum absolute atomic E-state index is 0.0924. The van der Waals surface area contributed by atoms with Crippen molar-refractivity contribution in [3.63, 3.8) is 0 Å². The van der Waals surface area contributed by atoms with Crippen LogP contribution in [0.4, 0.5) is 5.69 Å². The molecule has 0 aliphatic heterocycles. The van der Waals surface area contributed by atoms with E-state index < -0.39 is 9.84 Å². The second-order valence-electron chi connectivity index (χ2n) is 4.97. The van der Waals surface area contributed by atoms with Gasteiger partial charge in [-0.15, -0.1) is 0 Å². The van der Waals surface area contributed by atoms with Gasteiger partial charge >= 0.3 is 0 Å². The van der Waals surface area contributed by atoms with E-state index in [0.29, 0.717) is 6.54 Å². The van der Waals surface area contributed by atoms with Crippen LogP contribution in [0.25, 0.3) is 0 Å². The number of aryl methyl sites for hydroxylation is 1. The lowest BCUT2D eigenvalue weighted by Gasteiger charge is -2.07. The van der Waals surface area contributed by atoms with Crippen LogP contribution in [-0.4, -0.2) is 24.2 Å². The predicted molar refractivity (Wildman–Crippen MR) is 79.6 cm³/mol. The Morgan fingerprint density at radius 1 is 1.30 bits per heavy atom. The Kier molecular flexibility index (Phi) is 3.85. The smallest absolute Gasteiger partial charge is 0.192 e. The lowest BCUT2D eigenvalue weighted by molar-refractivity contribution is 0.598. The summed E-state index contributed by atoms with van der Waals surface area (Å²) in [5.41, 5.74) is 4.45. The molecule has 0 amide bonds. The summed E-state index contributed by atoms with van der Waals surface area (Å²) in [7, 11) is -1.20. The molecule has 20 heavy (non-hydrogen) atoms. The van der Waals surface area contributed by atoms with Gasteiger partial charge in [-0.2, -0.15) is 0 Å². The third kappa shape index (κ3) is 3.01. The quantitative estimate of drug-likeness (QED) is 0.937. The Morgan fingerprint density at radius 3 is 2.45 bits per heavy atom. The average Bonchev–Trinajstić information content (AvgIpc) is 2.63. The van der Waals surface area contributed by atoms with Crippen LogP contribution in [0.15, 0.2) is 29.4 Å². The number of nitrogens with zero attached hydrogens (tertiary/aromatic N) is 2. The zero-order valence-electron chi connectivity index (χ0n) is 12.1. The summed E-state index contributed by atoms with van der Waals surface area (Å²) < 4.78 is 24.8. The van der Waals surface area contributed by atoms with Crippen molar-refractivity contribution in [1.29, 1.82) is 0 Å². The molecule has 0 aliphatic carbocycles. The first-order chi connectivity index (χ1) is 9.29. The van der Waals surface area contributed by atoms with Crippen LogP contribution < -0.4 is 5.32 Å². The molecule has 0 unspecified atom stereocenters. The van der Waals surface area contributed by atoms with Gasteiger partial charge in [-0.1, -0.05) is 0 Å². The molecule has 2 heterocycles. The van der Waals surface area contributed by atoms with E-state index in [1.807, 2.05) is 7.05 Å². The number of hydrogen-bond acceptors (Lipinski definition) is 4. The fourth-order valence-corrected chi connectivity index (χ4v) is 2.57. The SMILES string of the molecule is Cc1cc(CNc2ccc(S(C)(=O)=O)nc2)c(C)n1C. The standard InChI is InChI=1S/C14H19N3O2S/c1-10-7-12(11(2)17(10)3)8-15-13-5-6-14(16-9-13)20(4,18)19/h5-7,9,15H,8H2,1-4H3. The summed E-state index contributed by atoms with van der Waals surface area (Å²) in [6.45, 7) is 4.83. The Hall–Kier alpha value is -1.82. The Labute approximate surface area is 119 Å². The molecule has 108 valence electrons. The highest BCUT2D eigenvalue weighted by Crippen LogP contribution is 2.16. The molecule has 2 aromatic rings. The summed E-state index contributed by atoms with van der Waals surface area (Å²) in [6.07, 6.45) is 2.69. The van der Waals surface area contributed by atoms with Gasteiger partial charge in [-0.05, 0) is 37.6 Å². The molecule has 2 aromatic heterocycles. The first-order valence-electron chi connectivity index (χ1n) is 6.31. The molecule has 0 atom stereocenters. The normalized spacial score (nSPS) is 11.6. The van der Waals surface area contributed by atoms with Gasteiger partial charge in [0.1, 0.15) is 0 Å². The molecular weight excluding hydrogens is 274 g/mol. The number of aromatic nitrogens is 2. The maximum absolute atomic E-state index is 11.3. The highest BCUT2D eigenvalue weighted by Gasteiger charge is 2.09. The Bertz CT molecular complexity index is 716. The van der Waals surface area contributed by atoms with Gasteiger partial charge in [0.05, 0.1) is 11.9 Å². The number of nitrogens with one attached hydrogen (secondary N) is 1. The number of anilines is 1. The third-order valence-corrected chi connectivity index (χ3v) is 4.48.